The average Bonchev–Trinajstić information content (AvgIpc) is 2.99. The summed E-state index contributed by atoms with van der Waals surface area (Å²) >= 11 is 0. The van der Waals surface area contributed by atoms with Crippen LogP contribution in [-0.4, -0.2) is 24.1 Å². The lowest BCUT2D eigenvalue weighted by molar-refractivity contribution is -0.138. The van der Waals surface area contributed by atoms with E-state index in [9.17, 15) is 35.9 Å². The molecule has 236 valence electrons. The lowest BCUT2D eigenvalue weighted by Gasteiger charge is -2.55. The minimum Gasteiger partial charge on any atom is -0.454 e. The smallest absolute Gasteiger partial charge is 0.416 e. The second-order valence-corrected chi connectivity index (χ2v) is 11.7. The summed E-state index contributed by atoms with van der Waals surface area (Å²) in [5.74, 6) is -3.56. The number of carbonyl (C=O) groups excluding carboxylic acids is 2. The summed E-state index contributed by atoms with van der Waals surface area (Å²) in [7, 11) is 0. The Labute approximate surface area is 256 Å². The Kier molecular flexibility index (Phi) is 8.46. The van der Waals surface area contributed by atoms with Crippen LogP contribution in [0.15, 0.2) is 97.1 Å². The van der Waals surface area contributed by atoms with E-state index in [1.54, 1.807) is 13.0 Å². The maximum atomic E-state index is 13.6. The van der Waals surface area contributed by atoms with Crippen molar-refractivity contribution >= 4 is 11.9 Å². The molecule has 3 aromatic rings. The van der Waals surface area contributed by atoms with E-state index in [2.05, 4.69) is 0 Å². The number of benzene rings is 3. The standard InChI is InChI=1S/C35H30F6O4/c1-20-10-4-5-15-26(20)28-30(45-32(43)23-12-9-14-25(19-23)35(39,40)41)29(21(2)27-16-6-7-17-33(27,28)3)44-31(42)22-11-8-13-24(18-22)34(36,37)38/h4-19,21,27-30H,1-3H3/t21?,27-,28?,29?,30?,33?/m1/s1. The second-order valence-electron chi connectivity index (χ2n) is 11.7. The van der Waals surface area contributed by atoms with Gasteiger partial charge in [-0.15, -0.1) is 0 Å². The first kappa shape index (κ1) is 32.1. The third-order valence-corrected chi connectivity index (χ3v) is 8.87. The Balaban J connectivity index is 1.62. The van der Waals surface area contributed by atoms with Gasteiger partial charge >= 0.3 is 24.3 Å². The molecule has 0 amide bonds. The predicted molar refractivity (Wildman–Crippen MR) is 154 cm³/mol. The Morgan fingerprint density at radius 3 is 1.80 bits per heavy atom. The monoisotopic (exact) mass is 628 g/mol. The van der Waals surface area contributed by atoms with E-state index in [4.69, 9.17) is 9.47 Å². The number of ether oxygens (including phenoxy) is 2. The number of carbonyl (C=O) groups is 2. The SMILES string of the molecule is Cc1ccccc1C1C(OC(=O)c2cccc(C(F)(F)F)c2)C(OC(=O)c2cccc(C(F)(F)F)c2)C(C)[C@H]2C=CC=CC12C. The van der Waals surface area contributed by atoms with Gasteiger partial charge in [-0.3, -0.25) is 0 Å². The van der Waals surface area contributed by atoms with E-state index < -0.39 is 64.9 Å². The molecule has 10 heteroatoms. The van der Waals surface area contributed by atoms with E-state index >= 15 is 0 Å². The highest BCUT2D eigenvalue weighted by atomic mass is 19.4. The molecule has 1 saturated carbocycles. The number of esters is 2. The summed E-state index contributed by atoms with van der Waals surface area (Å²) in [6.07, 6.45) is -4.19. The molecule has 5 unspecified atom stereocenters. The Bertz CT molecular complexity index is 1660. The number of alkyl halides is 6. The molecule has 1 fully saturated rings. The van der Waals surface area contributed by atoms with Gasteiger partial charge in [0, 0.05) is 17.3 Å². The molecule has 5 rings (SSSR count). The molecule has 2 aliphatic carbocycles. The van der Waals surface area contributed by atoms with Gasteiger partial charge in [0.05, 0.1) is 22.3 Å². The Morgan fingerprint density at radius 2 is 1.27 bits per heavy atom. The van der Waals surface area contributed by atoms with Crippen LogP contribution in [-0.2, 0) is 21.8 Å². The topological polar surface area (TPSA) is 52.6 Å². The number of fused-ring (bicyclic) bond motifs is 1. The molecule has 45 heavy (non-hydrogen) atoms. The third-order valence-electron chi connectivity index (χ3n) is 8.87. The summed E-state index contributed by atoms with van der Waals surface area (Å²) in [5, 5.41) is 0. The third kappa shape index (κ3) is 6.28. The van der Waals surface area contributed by atoms with Gasteiger partial charge in [0.2, 0.25) is 0 Å². The minimum absolute atomic E-state index is 0.269. The van der Waals surface area contributed by atoms with Crippen molar-refractivity contribution in [2.45, 2.75) is 51.2 Å². The second kappa shape index (κ2) is 11.9. The van der Waals surface area contributed by atoms with Crippen LogP contribution in [0, 0.1) is 24.2 Å². The molecule has 0 N–H and O–H groups in total. The first-order valence-corrected chi connectivity index (χ1v) is 14.3. The zero-order valence-corrected chi connectivity index (χ0v) is 24.5. The van der Waals surface area contributed by atoms with Crippen molar-refractivity contribution in [2.24, 2.45) is 17.3 Å². The van der Waals surface area contributed by atoms with Crippen LogP contribution in [0.1, 0.15) is 62.7 Å². The van der Waals surface area contributed by atoms with E-state index in [1.165, 1.54) is 12.1 Å². The van der Waals surface area contributed by atoms with Crippen LogP contribution < -0.4 is 0 Å². The minimum atomic E-state index is -4.71. The van der Waals surface area contributed by atoms with Gasteiger partial charge in [-0.05, 0) is 60.4 Å². The van der Waals surface area contributed by atoms with E-state index in [0.29, 0.717) is 12.1 Å². The fraction of sp³-hybridized carbons (Fsp3) is 0.314. The van der Waals surface area contributed by atoms with Gasteiger partial charge in [-0.25, -0.2) is 9.59 Å². The molecular formula is C35H30F6O4. The van der Waals surface area contributed by atoms with Crippen LogP contribution in [0.2, 0.25) is 0 Å². The lowest BCUT2D eigenvalue weighted by atomic mass is 9.52. The van der Waals surface area contributed by atoms with Gasteiger partial charge in [-0.2, -0.15) is 26.3 Å². The van der Waals surface area contributed by atoms with Crippen molar-refractivity contribution < 1.29 is 45.4 Å². The van der Waals surface area contributed by atoms with E-state index in [-0.39, 0.29) is 17.0 Å². The highest BCUT2D eigenvalue weighted by Crippen LogP contribution is 2.57. The van der Waals surface area contributed by atoms with Gasteiger partial charge in [0.15, 0.2) is 0 Å². The molecule has 6 atom stereocenters. The maximum Gasteiger partial charge on any atom is 0.416 e. The summed E-state index contributed by atoms with van der Waals surface area (Å²) in [6.45, 7) is 5.63. The van der Waals surface area contributed by atoms with Crippen molar-refractivity contribution in [3.8, 4) is 0 Å². The van der Waals surface area contributed by atoms with Crippen LogP contribution >= 0.6 is 0 Å². The van der Waals surface area contributed by atoms with Gasteiger partial charge in [-0.1, -0.05) is 74.5 Å². The highest BCUT2D eigenvalue weighted by molar-refractivity contribution is 5.91. The van der Waals surface area contributed by atoms with Gasteiger partial charge in [0.25, 0.3) is 0 Å². The quantitative estimate of drug-likeness (QED) is 0.209. The highest BCUT2D eigenvalue weighted by Gasteiger charge is 2.58. The zero-order chi connectivity index (χ0) is 32.7. The fourth-order valence-electron chi connectivity index (χ4n) is 6.65. The van der Waals surface area contributed by atoms with Crippen LogP contribution in [0.4, 0.5) is 26.3 Å². The number of rotatable bonds is 5. The van der Waals surface area contributed by atoms with Gasteiger partial charge < -0.3 is 9.47 Å². The van der Waals surface area contributed by atoms with Gasteiger partial charge in [0.1, 0.15) is 12.2 Å². The molecule has 0 aliphatic heterocycles. The molecule has 0 bridgehead atoms. The number of aryl methyl sites for hydroxylation is 1. The summed E-state index contributed by atoms with van der Waals surface area (Å²) in [5.41, 5.74) is -1.88. The maximum absolute atomic E-state index is 13.6. The number of hydrogen-bond acceptors (Lipinski definition) is 4. The molecular weight excluding hydrogens is 598 g/mol. The molecule has 4 nitrogen and oxygen atoms in total. The number of halogens is 6. The first-order chi connectivity index (χ1) is 21.1. The average molecular weight is 629 g/mol. The molecule has 0 radical (unpaired) electrons. The Morgan fingerprint density at radius 1 is 0.733 bits per heavy atom. The normalized spacial score (nSPS) is 26.2. The first-order valence-electron chi connectivity index (χ1n) is 14.3. The van der Waals surface area contributed by atoms with Crippen molar-refractivity contribution in [1.29, 1.82) is 0 Å². The van der Waals surface area contributed by atoms with Crippen LogP contribution in [0.25, 0.3) is 0 Å². The molecule has 0 aromatic heterocycles. The molecule has 0 heterocycles. The fourth-order valence-corrected chi connectivity index (χ4v) is 6.65. The summed E-state index contributed by atoms with van der Waals surface area (Å²) < 4.78 is 92.7. The predicted octanol–water partition coefficient (Wildman–Crippen LogP) is 8.97. The molecule has 3 aromatic carbocycles. The van der Waals surface area contributed by atoms with E-state index in [1.807, 2.05) is 56.4 Å². The van der Waals surface area contributed by atoms with Crippen LogP contribution in [0.3, 0.4) is 0 Å². The van der Waals surface area contributed by atoms with Crippen molar-refractivity contribution in [2.75, 3.05) is 0 Å². The summed E-state index contributed by atoms with van der Waals surface area (Å²) in [4.78, 5) is 27.1. The largest absolute Gasteiger partial charge is 0.454 e. The number of hydrogen-bond donors (Lipinski definition) is 0. The Hall–Kier alpha value is -4.34. The lowest BCUT2D eigenvalue weighted by Crippen LogP contribution is -2.57. The molecule has 0 spiro atoms. The van der Waals surface area contributed by atoms with Crippen molar-refractivity contribution in [3.05, 3.63) is 130 Å². The van der Waals surface area contributed by atoms with Crippen LogP contribution in [0.5, 0.6) is 0 Å². The summed E-state index contributed by atoms with van der Waals surface area (Å²) in [6, 6.07) is 15.0. The molecule has 0 saturated heterocycles. The van der Waals surface area contributed by atoms with E-state index in [0.717, 1.165) is 35.4 Å². The zero-order valence-electron chi connectivity index (χ0n) is 24.5. The van der Waals surface area contributed by atoms with Crippen molar-refractivity contribution in [1.82, 2.24) is 0 Å². The van der Waals surface area contributed by atoms with Crippen molar-refractivity contribution in [3.63, 3.8) is 0 Å². The number of allylic oxidation sites excluding steroid dienone is 4. The molecule has 2 aliphatic rings.